The van der Waals surface area contributed by atoms with Crippen molar-refractivity contribution in [2.45, 2.75) is 64.1 Å². The van der Waals surface area contributed by atoms with Gasteiger partial charge in [-0.25, -0.2) is 4.39 Å². The molecule has 1 aromatic rings. The highest BCUT2D eigenvalue weighted by Crippen LogP contribution is 2.44. The Morgan fingerprint density at radius 3 is 2.59 bits per heavy atom. The molecule has 2 fully saturated rings. The molecule has 7 heteroatoms. The van der Waals surface area contributed by atoms with Crippen molar-refractivity contribution in [3.8, 4) is 0 Å². The molecule has 152 valence electrons. The van der Waals surface area contributed by atoms with Gasteiger partial charge in [0.15, 0.2) is 5.96 Å². The van der Waals surface area contributed by atoms with Gasteiger partial charge >= 0.3 is 0 Å². The van der Waals surface area contributed by atoms with Crippen LogP contribution in [0.5, 0.6) is 0 Å². The summed E-state index contributed by atoms with van der Waals surface area (Å²) in [5, 5.41) is 7.57. The average Bonchev–Trinajstić information content (AvgIpc) is 3.34. The number of nitrogens with one attached hydrogen (secondary N) is 2. The molecule has 0 spiro atoms. The maximum Gasteiger partial charge on any atom is 0.191 e. The van der Waals surface area contributed by atoms with E-state index in [1.165, 1.54) is 6.07 Å². The molecule has 1 aromatic carbocycles. The zero-order valence-corrected chi connectivity index (χ0v) is 19.4. The Bertz CT molecular complexity index is 627. The highest BCUT2D eigenvalue weighted by Gasteiger charge is 2.42. The SMILES string of the molecule is CCN=C(NC1CCN(C(C)C)CC1)NC1CC1c1c(F)cccc1Cl.I. The molecule has 0 bridgehead atoms. The molecule has 1 heterocycles. The largest absolute Gasteiger partial charge is 0.354 e. The number of rotatable bonds is 5. The van der Waals surface area contributed by atoms with Gasteiger partial charge in [-0.05, 0) is 52.2 Å². The van der Waals surface area contributed by atoms with Gasteiger partial charge in [-0.2, -0.15) is 0 Å². The number of piperidine rings is 1. The summed E-state index contributed by atoms with van der Waals surface area (Å²) in [4.78, 5) is 7.09. The molecule has 1 aliphatic carbocycles. The van der Waals surface area contributed by atoms with E-state index in [4.69, 9.17) is 11.6 Å². The van der Waals surface area contributed by atoms with Crippen molar-refractivity contribution in [3.05, 3.63) is 34.6 Å². The monoisotopic (exact) mass is 508 g/mol. The van der Waals surface area contributed by atoms with Gasteiger partial charge in [-0.1, -0.05) is 17.7 Å². The standard InChI is InChI=1S/C20H30ClFN4.HI/c1-4-23-20(24-14-8-10-26(11-9-14)13(2)3)25-18-12-15(18)19-16(21)6-5-7-17(19)22;/h5-7,13-15,18H,4,8-12H2,1-3H3,(H2,23,24,25);1H. The van der Waals surface area contributed by atoms with Crippen LogP contribution in [0.15, 0.2) is 23.2 Å². The number of likely N-dealkylation sites (tertiary alicyclic amines) is 1. The molecular formula is C20H31ClFIN4. The van der Waals surface area contributed by atoms with Gasteiger partial charge in [0.2, 0.25) is 0 Å². The topological polar surface area (TPSA) is 39.7 Å². The highest BCUT2D eigenvalue weighted by atomic mass is 127. The van der Waals surface area contributed by atoms with Gasteiger partial charge in [-0.15, -0.1) is 24.0 Å². The van der Waals surface area contributed by atoms with E-state index in [1.54, 1.807) is 12.1 Å². The third kappa shape index (κ3) is 5.94. The van der Waals surface area contributed by atoms with Gasteiger partial charge in [0.05, 0.1) is 0 Å². The second-order valence-electron chi connectivity index (χ2n) is 7.60. The van der Waals surface area contributed by atoms with Crippen molar-refractivity contribution >= 4 is 41.5 Å². The number of guanidine groups is 1. The lowest BCUT2D eigenvalue weighted by Gasteiger charge is -2.35. The number of halogens is 3. The van der Waals surface area contributed by atoms with Gasteiger partial charge in [0.25, 0.3) is 0 Å². The van der Waals surface area contributed by atoms with Gasteiger partial charge in [-0.3, -0.25) is 4.99 Å². The summed E-state index contributed by atoms with van der Waals surface area (Å²) in [6.07, 6.45) is 3.13. The van der Waals surface area contributed by atoms with Crippen LogP contribution in [0, 0.1) is 5.82 Å². The normalized spacial score (nSPS) is 23.9. The number of benzene rings is 1. The molecule has 2 atom stereocenters. The number of hydrogen-bond acceptors (Lipinski definition) is 2. The molecule has 0 radical (unpaired) electrons. The second kappa shape index (κ2) is 10.3. The molecule has 0 amide bonds. The van der Waals surface area contributed by atoms with Gasteiger partial charge < -0.3 is 15.5 Å². The Morgan fingerprint density at radius 2 is 2.00 bits per heavy atom. The minimum absolute atomic E-state index is 0. The predicted octanol–water partition coefficient (Wildman–Crippen LogP) is 4.38. The second-order valence-corrected chi connectivity index (χ2v) is 8.01. The molecule has 2 unspecified atom stereocenters. The Balaban J connectivity index is 0.00000261. The summed E-state index contributed by atoms with van der Waals surface area (Å²) in [6.45, 7) is 9.48. The molecule has 3 rings (SSSR count). The summed E-state index contributed by atoms with van der Waals surface area (Å²) in [6, 6.07) is 6.14. The summed E-state index contributed by atoms with van der Waals surface area (Å²) in [7, 11) is 0. The van der Waals surface area contributed by atoms with Crippen molar-refractivity contribution in [1.82, 2.24) is 15.5 Å². The van der Waals surface area contributed by atoms with E-state index in [9.17, 15) is 4.39 Å². The maximum atomic E-state index is 14.1. The molecule has 1 aliphatic heterocycles. The molecule has 2 aliphatic rings. The first-order valence-electron chi connectivity index (χ1n) is 9.75. The molecule has 1 saturated heterocycles. The first kappa shape index (κ1) is 22.7. The molecule has 4 nitrogen and oxygen atoms in total. The van der Waals surface area contributed by atoms with Crippen LogP contribution in [0.4, 0.5) is 4.39 Å². The molecule has 27 heavy (non-hydrogen) atoms. The lowest BCUT2D eigenvalue weighted by atomic mass is 10.0. The van der Waals surface area contributed by atoms with Crippen LogP contribution in [-0.2, 0) is 0 Å². The van der Waals surface area contributed by atoms with Crippen LogP contribution >= 0.6 is 35.6 Å². The van der Waals surface area contributed by atoms with E-state index in [0.29, 0.717) is 22.7 Å². The maximum absolute atomic E-state index is 14.1. The van der Waals surface area contributed by atoms with Crippen molar-refractivity contribution < 1.29 is 4.39 Å². The van der Waals surface area contributed by atoms with Crippen molar-refractivity contribution in [1.29, 1.82) is 0 Å². The van der Waals surface area contributed by atoms with Crippen LogP contribution < -0.4 is 10.6 Å². The summed E-state index contributed by atoms with van der Waals surface area (Å²) < 4.78 is 14.1. The zero-order valence-electron chi connectivity index (χ0n) is 16.3. The first-order valence-corrected chi connectivity index (χ1v) is 10.1. The van der Waals surface area contributed by atoms with Crippen molar-refractivity contribution in [2.24, 2.45) is 4.99 Å². The molecule has 0 aromatic heterocycles. The fourth-order valence-corrected chi connectivity index (χ4v) is 4.06. The van der Waals surface area contributed by atoms with Crippen LogP contribution in [-0.4, -0.2) is 48.6 Å². The van der Waals surface area contributed by atoms with E-state index in [2.05, 4.69) is 34.4 Å². The van der Waals surface area contributed by atoms with Crippen molar-refractivity contribution in [3.63, 3.8) is 0 Å². The van der Waals surface area contributed by atoms with E-state index in [-0.39, 0.29) is 41.8 Å². The molecule has 1 saturated carbocycles. The third-order valence-electron chi connectivity index (χ3n) is 5.40. The van der Waals surface area contributed by atoms with E-state index < -0.39 is 0 Å². The fourth-order valence-electron chi connectivity index (χ4n) is 3.76. The van der Waals surface area contributed by atoms with Crippen LogP contribution in [0.1, 0.15) is 51.5 Å². The van der Waals surface area contributed by atoms with Gasteiger partial charge in [0.1, 0.15) is 5.82 Å². The predicted molar refractivity (Wildman–Crippen MR) is 122 cm³/mol. The summed E-state index contributed by atoms with van der Waals surface area (Å²) >= 11 is 6.20. The Hall–Kier alpha value is -0.600. The summed E-state index contributed by atoms with van der Waals surface area (Å²) in [5.41, 5.74) is 0.632. The lowest BCUT2D eigenvalue weighted by molar-refractivity contribution is 0.167. The third-order valence-corrected chi connectivity index (χ3v) is 5.73. The average molecular weight is 509 g/mol. The fraction of sp³-hybridized carbons (Fsp3) is 0.650. The quantitative estimate of drug-likeness (QED) is 0.352. The van der Waals surface area contributed by atoms with E-state index in [0.717, 1.165) is 44.9 Å². The lowest BCUT2D eigenvalue weighted by Crippen LogP contribution is -2.50. The van der Waals surface area contributed by atoms with Crippen LogP contribution in [0.3, 0.4) is 0 Å². The minimum Gasteiger partial charge on any atom is -0.354 e. The zero-order chi connectivity index (χ0) is 18.7. The Labute approximate surface area is 184 Å². The smallest absolute Gasteiger partial charge is 0.191 e. The molecule has 2 N–H and O–H groups in total. The van der Waals surface area contributed by atoms with Crippen LogP contribution in [0.2, 0.25) is 5.02 Å². The minimum atomic E-state index is -0.213. The molecular weight excluding hydrogens is 478 g/mol. The van der Waals surface area contributed by atoms with E-state index in [1.807, 2.05) is 6.92 Å². The first-order chi connectivity index (χ1) is 12.5. The number of nitrogens with zero attached hydrogens (tertiary/aromatic N) is 2. The summed E-state index contributed by atoms with van der Waals surface area (Å²) in [5.74, 6) is 0.751. The number of hydrogen-bond donors (Lipinski definition) is 2. The Morgan fingerprint density at radius 1 is 1.30 bits per heavy atom. The highest BCUT2D eigenvalue weighted by molar-refractivity contribution is 14.0. The van der Waals surface area contributed by atoms with Gasteiger partial charge in [0, 0.05) is 54.3 Å². The van der Waals surface area contributed by atoms with Crippen LogP contribution in [0.25, 0.3) is 0 Å². The number of aliphatic imine (C=N–C) groups is 1. The van der Waals surface area contributed by atoms with E-state index >= 15 is 0 Å². The van der Waals surface area contributed by atoms with Crippen molar-refractivity contribution in [2.75, 3.05) is 19.6 Å². The Kier molecular flexibility index (Phi) is 8.62.